The van der Waals surface area contributed by atoms with Crippen LogP contribution in [-0.2, 0) is 23.5 Å². The maximum atomic E-state index is 11.8. The first-order valence-electron chi connectivity index (χ1n) is 4.84. The summed E-state index contributed by atoms with van der Waals surface area (Å²) in [5.74, 6) is 0.106. The van der Waals surface area contributed by atoms with Crippen LogP contribution in [0, 0.1) is 0 Å². The number of aromatic nitrogens is 1. The van der Waals surface area contributed by atoms with E-state index in [1.54, 1.807) is 6.20 Å². The van der Waals surface area contributed by atoms with Gasteiger partial charge in [0, 0.05) is 34.5 Å². The van der Waals surface area contributed by atoms with Crippen molar-refractivity contribution in [3.63, 3.8) is 0 Å². The summed E-state index contributed by atoms with van der Waals surface area (Å²) in [6.45, 7) is 0. The predicted molar refractivity (Wildman–Crippen MR) is 58.7 cm³/mol. The van der Waals surface area contributed by atoms with E-state index in [0.717, 1.165) is 11.3 Å². The smallest absolute Gasteiger partial charge is 0.168 e. The quantitative estimate of drug-likeness (QED) is 0.627. The zero-order valence-electron chi connectivity index (χ0n) is 8.56. The van der Waals surface area contributed by atoms with E-state index in [2.05, 4.69) is 4.98 Å². The molecule has 3 heteroatoms. The van der Waals surface area contributed by atoms with Gasteiger partial charge in [-0.15, -0.1) is 0 Å². The van der Waals surface area contributed by atoms with Crippen LogP contribution in [0.3, 0.4) is 0 Å². The molecule has 0 saturated carbocycles. The molecule has 1 heterocycles. The van der Waals surface area contributed by atoms with E-state index in [-0.39, 0.29) is 22.9 Å². The second-order valence-corrected chi connectivity index (χ2v) is 3.29. The van der Waals surface area contributed by atoms with Crippen molar-refractivity contribution in [1.82, 2.24) is 4.98 Å². The van der Waals surface area contributed by atoms with Gasteiger partial charge in [-0.1, -0.05) is 36.4 Å². The Morgan fingerprint density at radius 3 is 2.31 bits per heavy atom. The molecule has 0 aliphatic carbocycles. The zero-order chi connectivity index (χ0) is 10.5. The first-order valence-corrected chi connectivity index (χ1v) is 4.84. The van der Waals surface area contributed by atoms with E-state index in [4.69, 9.17) is 0 Å². The third-order valence-corrected chi connectivity index (χ3v) is 2.16. The molecule has 0 spiro atoms. The average molecular weight is 261 g/mol. The Morgan fingerprint density at radius 1 is 1.00 bits per heavy atom. The van der Waals surface area contributed by atoms with Crippen LogP contribution in [-0.4, -0.2) is 10.8 Å². The molecule has 0 atom stereocenters. The van der Waals surface area contributed by atoms with Crippen molar-refractivity contribution in [2.24, 2.45) is 0 Å². The summed E-state index contributed by atoms with van der Waals surface area (Å²) in [6.07, 6.45) is 2.07. The summed E-state index contributed by atoms with van der Waals surface area (Å²) in [7, 11) is 0. The third kappa shape index (κ3) is 3.30. The first-order chi connectivity index (χ1) is 7.36. The third-order valence-electron chi connectivity index (χ3n) is 2.16. The second kappa shape index (κ2) is 6.21. The fourth-order valence-electron chi connectivity index (χ4n) is 1.39. The molecule has 0 unspecified atom stereocenters. The Kier molecular flexibility index (Phi) is 4.90. The minimum atomic E-state index is 0. The normalized spacial score (nSPS) is 9.25. The van der Waals surface area contributed by atoms with Crippen LogP contribution in [0.15, 0.2) is 54.7 Å². The number of nitrogens with zero attached hydrogens (tertiary/aromatic N) is 1. The van der Waals surface area contributed by atoms with Crippen LogP contribution >= 0.6 is 0 Å². The molecular formula is C13H11CuNO. The minimum absolute atomic E-state index is 0. The molecule has 1 aromatic carbocycles. The molecule has 0 saturated heterocycles. The van der Waals surface area contributed by atoms with Gasteiger partial charge in [0.15, 0.2) is 5.78 Å². The summed E-state index contributed by atoms with van der Waals surface area (Å²) < 4.78 is 0. The number of pyridine rings is 1. The molecule has 0 N–H and O–H groups in total. The van der Waals surface area contributed by atoms with Crippen molar-refractivity contribution in [3.8, 4) is 0 Å². The van der Waals surface area contributed by atoms with Gasteiger partial charge in [-0.3, -0.25) is 9.78 Å². The fraction of sp³-hybridized carbons (Fsp3) is 0.0769. The van der Waals surface area contributed by atoms with Crippen LogP contribution in [0.4, 0.5) is 0 Å². The van der Waals surface area contributed by atoms with Crippen LogP contribution in [0.5, 0.6) is 0 Å². The number of hydrogen-bond donors (Lipinski definition) is 0. The molecular weight excluding hydrogens is 250 g/mol. The predicted octanol–water partition coefficient (Wildman–Crippen LogP) is 2.50. The summed E-state index contributed by atoms with van der Waals surface area (Å²) in [6, 6.07) is 14.9. The van der Waals surface area contributed by atoms with Gasteiger partial charge in [0.25, 0.3) is 0 Å². The van der Waals surface area contributed by atoms with Gasteiger partial charge < -0.3 is 0 Å². The van der Waals surface area contributed by atoms with Crippen molar-refractivity contribution in [1.29, 1.82) is 0 Å². The Bertz CT molecular complexity index is 442. The first kappa shape index (κ1) is 12.6. The SMILES string of the molecule is O=C(Cc1ccccn1)c1ccccc1.[Cu]. The van der Waals surface area contributed by atoms with E-state index >= 15 is 0 Å². The van der Waals surface area contributed by atoms with E-state index in [1.165, 1.54) is 0 Å². The van der Waals surface area contributed by atoms with Gasteiger partial charge in [0.05, 0.1) is 6.42 Å². The second-order valence-electron chi connectivity index (χ2n) is 3.29. The Balaban J connectivity index is 0.00000128. The molecule has 85 valence electrons. The van der Waals surface area contributed by atoms with Gasteiger partial charge in [0.2, 0.25) is 0 Å². The van der Waals surface area contributed by atoms with Crippen molar-refractivity contribution >= 4 is 5.78 Å². The van der Waals surface area contributed by atoms with Gasteiger partial charge in [-0.05, 0) is 12.1 Å². The number of benzene rings is 1. The number of carbonyl (C=O) groups is 1. The summed E-state index contributed by atoms with van der Waals surface area (Å²) in [4.78, 5) is 15.9. The molecule has 0 fully saturated rings. The average Bonchev–Trinajstić information content (AvgIpc) is 2.31. The maximum Gasteiger partial charge on any atom is 0.168 e. The van der Waals surface area contributed by atoms with Crippen LogP contribution in [0.1, 0.15) is 16.1 Å². The summed E-state index contributed by atoms with van der Waals surface area (Å²) in [5, 5.41) is 0. The number of ketones is 1. The van der Waals surface area contributed by atoms with Gasteiger partial charge >= 0.3 is 0 Å². The van der Waals surface area contributed by atoms with Gasteiger partial charge in [-0.25, -0.2) is 0 Å². The summed E-state index contributed by atoms with van der Waals surface area (Å²) in [5.41, 5.74) is 1.55. The van der Waals surface area contributed by atoms with E-state index < -0.39 is 0 Å². The van der Waals surface area contributed by atoms with E-state index in [1.807, 2.05) is 48.5 Å². The number of rotatable bonds is 3. The standard InChI is InChI=1S/C13H11NO.Cu/c15-13(11-6-2-1-3-7-11)10-12-8-4-5-9-14-12;/h1-9H,10H2;. The van der Waals surface area contributed by atoms with Crippen molar-refractivity contribution < 1.29 is 21.9 Å². The monoisotopic (exact) mass is 260 g/mol. The molecule has 2 nitrogen and oxygen atoms in total. The van der Waals surface area contributed by atoms with Gasteiger partial charge in [0.1, 0.15) is 0 Å². The molecule has 2 rings (SSSR count). The molecule has 0 bridgehead atoms. The zero-order valence-corrected chi connectivity index (χ0v) is 9.50. The molecule has 0 amide bonds. The fourth-order valence-corrected chi connectivity index (χ4v) is 1.39. The van der Waals surface area contributed by atoms with Gasteiger partial charge in [-0.2, -0.15) is 0 Å². The van der Waals surface area contributed by atoms with Crippen LogP contribution < -0.4 is 0 Å². The van der Waals surface area contributed by atoms with Crippen molar-refractivity contribution in [3.05, 3.63) is 66.0 Å². The molecule has 1 aromatic heterocycles. The van der Waals surface area contributed by atoms with E-state index in [0.29, 0.717) is 6.42 Å². The maximum absolute atomic E-state index is 11.8. The van der Waals surface area contributed by atoms with Crippen molar-refractivity contribution in [2.75, 3.05) is 0 Å². The van der Waals surface area contributed by atoms with E-state index in [9.17, 15) is 4.79 Å². The number of Topliss-reactive ketones (excluding diaryl/α,β-unsaturated/α-hetero) is 1. The Labute approximate surface area is 105 Å². The van der Waals surface area contributed by atoms with Crippen molar-refractivity contribution in [2.45, 2.75) is 6.42 Å². The minimum Gasteiger partial charge on any atom is -0.294 e. The summed E-state index contributed by atoms with van der Waals surface area (Å²) >= 11 is 0. The number of carbonyl (C=O) groups excluding carboxylic acids is 1. The topological polar surface area (TPSA) is 30.0 Å². The molecule has 1 radical (unpaired) electrons. The molecule has 2 aromatic rings. The Morgan fingerprint density at radius 2 is 1.69 bits per heavy atom. The molecule has 0 aliphatic rings. The molecule has 0 aliphatic heterocycles. The molecule has 16 heavy (non-hydrogen) atoms. The Hall–Kier alpha value is -1.44. The largest absolute Gasteiger partial charge is 0.294 e. The van der Waals surface area contributed by atoms with Crippen LogP contribution in [0.25, 0.3) is 0 Å². The number of hydrogen-bond acceptors (Lipinski definition) is 2. The van der Waals surface area contributed by atoms with Crippen LogP contribution in [0.2, 0.25) is 0 Å².